The van der Waals surface area contributed by atoms with Gasteiger partial charge in [0.15, 0.2) is 0 Å². The summed E-state index contributed by atoms with van der Waals surface area (Å²) in [6.07, 6.45) is 5.54. The van der Waals surface area contributed by atoms with Crippen molar-refractivity contribution in [2.45, 2.75) is 19.1 Å². The second-order valence-corrected chi connectivity index (χ2v) is 5.72. The highest BCUT2D eigenvalue weighted by Gasteiger charge is 2.33. The van der Waals surface area contributed by atoms with E-state index < -0.39 is 0 Å². The molecule has 0 aliphatic carbocycles. The normalized spacial score (nSPS) is 22.2. The highest BCUT2D eigenvalue weighted by molar-refractivity contribution is 5.92. The van der Waals surface area contributed by atoms with Gasteiger partial charge in [0.25, 0.3) is 5.91 Å². The van der Waals surface area contributed by atoms with E-state index in [0.29, 0.717) is 18.8 Å². The Hall–Kier alpha value is -2.12. The summed E-state index contributed by atoms with van der Waals surface area (Å²) in [6, 6.07) is 3.67. The van der Waals surface area contributed by atoms with E-state index in [2.05, 4.69) is 27.2 Å². The van der Waals surface area contributed by atoms with Crippen LogP contribution >= 0.6 is 0 Å². The summed E-state index contributed by atoms with van der Waals surface area (Å²) in [5.74, 6) is -0.114. The minimum absolute atomic E-state index is 0.0909. The van der Waals surface area contributed by atoms with Gasteiger partial charge in [-0.15, -0.1) is 0 Å². The third-order valence-corrected chi connectivity index (χ3v) is 4.23. The Labute approximate surface area is 135 Å². The zero-order valence-electron chi connectivity index (χ0n) is 13.5. The predicted molar refractivity (Wildman–Crippen MR) is 86.1 cm³/mol. The van der Waals surface area contributed by atoms with Crippen molar-refractivity contribution >= 4 is 5.91 Å². The van der Waals surface area contributed by atoms with Crippen LogP contribution < -0.4 is 5.32 Å². The zero-order valence-corrected chi connectivity index (χ0v) is 13.5. The third-order valence-electron chi connectivity index (χ3n) is 4.23. The maximum Gasteiger partial charge on any atom is 0.267 e. The van der Waals surface area contributed by atoms with Crippen LogP contribution in [0.5, 0.6) is 0 Å². The van der Waals surface area contributed by atoms with E-state index in [4.69, 9.17) is 4.74 Å². The molecule has 1 saturated heterocycles. The molecule has 124 valence electrons. The summed E-state index contributed by atoms with van der Waals surface area (Å²) in [7, 11) is 1.91. The number of nitrogens with zero attached hydrogens (tertiary/aromatic N) is 3. The van der Waals surface area contributed by atoms with Crippen molar-refractivity contribution in [3.8, 4) is 0 Å². The van der Waals surface area contributed by atoms with E-state index in [0.717, 1.165) is 18.7 Å². The number of hydrogen-bond acceptors (Lipinski definition) is 4. The molecule has 0 radical (unpaired) electrons. The average Bonchev–Trinajstić information content (AvgIpc) is 3.23. The summed E-state index contributed by atoms with van der Waals surface area (Å²) < 4.78 is 7.75. The van der Waals surface area contributed by atoms with Crippen molar-refractivity contribution in [3.05, 3.63) is 42.0 Å². The van der Waals surface area contributed by atoms with Crippen LogP contribution in [-0.2, 0) is 11.8 Å². The molecule has 1 amide bonds. The van der Waals surface area contributed by atoms with Gasteiger partial charge in [-0.3, -0.25) is 14.4 Å². The molecule has 1 fully saturated rings. The lowest BCUT2D eigenvalue weighted by atomic mass is 10.0. The monoisotopic (exact) mass is 317 g/mol. The Morgan fingerprint density at radius 1 is 1.57 bits per heavy atom. The van der Waals surface area contributed by atoms with E-state index in [1.165, 1.54) is 0 Å². The molecule has 7 nitrogen and oxygen atoms in total. The number of aromatic nitrogens is 3. The molecule has 2 aromatic heterocycles. The number of carbonyl (C=O) groups excluding carboxylic acids is 1. The maximum absolute atomic E-state index is 12.1. The second-order valence-electron chi connectivity index (χ2n) is 5.72. The first-order valence-corrected chi connectivity index (χ1v) is 7.95. The van der Waals surface area contributed by atoms with Gasteiger partial charge in [-0.25, -0.2) is 0 Å². The molecule has 0 saturated carbocycles. The van der Waals surface area contributed by atoms with E-state index in [-0.39, 0.29) is 18.1 Å². The van der Waals surface area contributed by atoms with Crippen LogP contribution in [0.2, 0.25) is 0 Å². The van der Waals surface area contributed by atoms with Crippen LogP contribution in [0.3, 0.4) is 0 Å². The van der Waals surface area contributed by atoms with Crippen LogP contribution in [-0.4, -0.2) is 57.9 Å². The molecular formula is C16H23N5O2. The molecule has 2 N–H and O–H groups in total. The molecule has 2 aromatic rings. The van der Waals surface area contributed by atoms with Gasteiger partial charge >= 0.3 is 0 Å². The molecule has 1 aliphatic rings. The molecule has 3 heterocycles. The minimum Gasteiger partial charge on any atom is -0.373 e. The van der Waals surface area contributed by atoms with Crippen LogP contribution in [0.1, 0.15) is 29.0 Å². The summed E-state index contributed by atoms with van der Waals surface area (Å²) in [5, 5.41) is 7.23. The SMILES string of the molecule is CCN1CCO[C@@H](CNC(=O)c2ccc[nH]2)[C@@H]1c1cnn(C)c1. The lowest BCUT2D eigenvalue weighted by Gasteiger charge is -2.40. The largest absolute Gasteiger partial charge is 0.373 e. The highest BCUT2D eigenvalue weighted by Crippen LogP contribution is 2.28. The molecule has 0 spiro atoms. The van der Waals surface area contributed by atoms with Gasteiger partial charge in [0.1, 0.15) is 5.69 Å². The number of hydrogen-bond donors (Lipinski definition) is 2. The van der Waals surface area contributed by atoms with E-state index in [1.807, 2.05) is 25.5 Å². The molecule has 1 aliphatic heterocycles. The summed E-state index contributed by atoms with van der Waals surface area (Å²) in [4.78, 5) is 17.4. The first-order valence-electron chi connectivity index (χ1n) is 7.95. The average molecular weight is 317 g/mol. The number of H-pyrrole nitrogens is 1. The number of ether oxygens (including phenoxy) is 1. The standard InChI is InChI=1S/C16H23N5O2/c1-3-21-7-8-23-14(15(21)12-9-19-20(2)11-12)10-18-16(22)13-5-4-6-17-13/h4-6,9,11,14-15,17H,3,7-8,10H2,1-2H3,(H,18,22)/t14-,15-/m0/s1. The molecule has 23 heavy (non-hydrogen) atoms. The quantitative estimate of drug-likeness (QED) is 0.860. The fourth-order valence-corrected chi connectivity index (χ4v) is 3.09. The third kappa shape index (κ3) is 3.46. The molecule has 3 rings (SSSR count). The minimum atomic E-state index is -0.114. The fraction of sp³-hybridized carbons (Fsp3) is 0.500. The first-order chi connectivity index (χ1) is 11.2. The van der Waals surface area contributed by atoms with E-state index >= 15 is 0 Å². The molecular weight excluding hydrogens is 294 g/mol. The molecule has 0 unspecified atom stereocenters. The summed E-state index contributed by atoms with van der Waals surface area (Å²) >= 11 is 0. The summed E-state index contributed by atoms with van der Waals surface area (Å²) in [6.45, 7) is 5.10. The Morgan fingerprint density at radius 3 is 3.09 bits per heavy atom. The first kappa shape index (κ1) is 15.8. The van der Waals surface area contributed by atoms with Gasteiger partial charge in [0, 0.05) is 38.1 Å². The number of nitrogens with one attached hydrogen (secondary N) is 2. The zero-order chi connectivity index (χ0) is 16.2. The Morgan fingerprint density at radius 2 is 2.43 bits per heavy atom. The molecule has 7 heteroatoms. The summed E-state index contributed by atoms with van der Waals surface area (Å²) in [5.41, 5.74) is 1.68. The van der Waals surface area contributed by atoms with Crippen LogP contribution in [0.15, 0.2) is 30.7 Å². The number of morpholine rings is 1. The smallest absolute Gasteiger partial charge is 0.267 e. The van der Waals surface area contributed by atoms with Crippen molar-refractivity contribution in [2.75, 3.05) is 26.2 Å². The predicted octanol–water partition coefficient (Wildman–Crippen LogP) is 0.940. The second kappa shape index (κ2) is 6.97. The van der Waals surface area contributed by atoms with Gasteiger partial charge in [-0.1, -0.05) is 6.92 Å². The van der Waals surface area contributed by atoms with Gasteiger partial charge < -0.3 is 15.0 Å². The van der Waals surface area contributed by atoms with Gasteiger partial charge in [-0.2, -0.15) is 5.10 Å². The lowest BCUT2D eigenvalue weighted by molar-refractivity contribution is -0.0685. The number of aromatic amines is 1. The number of rotatable bonds is 5. The number of aryl methyl sites for hydroxylation is 1. The van der Waals surface area contributed by atoms with Crippen molar-refractivity contribution in [2.24, 2.45) is 7.05 Å². The Balaban J connectivity index is 1.71. The van der Waals surface area contributed by atoms with Crippen LogP contribution in [0.25, 0.3) is 0 Å². The Bertz CT molecular complexity index is 637. The highest BCUT2D eigenvalue weighted by atomic mass is 16.5. The van der Waals surface area contributed by atoms with Crippen LogP contribution in [0.4, 0.5) is 0 Å². The lowest BCUT2D eigenvalue weighted by Crippen LogP contribution is -2.49. The topological polar surface area (TPSA) is 75.2 Å². The Kier molecular flexibility index (Phi) is 4.78. The number of amides is 1. The molecule has 2 atom stereocenters. The van der Waals surface area contributed by atoms with Gasteiger partial charge in [0.05, 0.1) is 24.9 Å². The molecule has 0 aromatic carbocycles. The van der Waals surface area contributed by atoms with Crippen molar-refractivity contribution in [1.82, 2.24) is 25.0 Å². The van der Waals surface area contributed by atoms with Crippen molar-refractivity contribution < 1.29 is 9.53 Å². The van der Waals surface area contributed by atoms with Crippen molar-refractivity contribution in [3.63, 3.8) is 0 Å². The van der Waals surface area contributed by atoms with Gasteiger partial charge in [-0.05, 0) is 18.7 Å². The maximum atomic E-state index is 12.1. The van der Waals surface area contributed by atoms with Crippen molar-refractivity contribution in [1.29, 1.82) is 0 Å². The number of likely N-dealkylation sites (N-methyl/N-ethyl adjacent to an activating group) is 1. The molecule has 0 bridgehead atoms. The van der Waals surface area contributed by atoms with E-state index in [1.54, 1.807) is 16.9 Å². The van der Waals surface area contributed by atoms with E-state index in [9.17, 15) is 4.79 Å². The van der Waals surface area contributed by atoms with Gasteiger partial charge in [0.2, 0.25) is 0 Å². The fourth-order valence-electron chi connectivity index (χ4n) is 3.09. The number of carbonyl (C=O) groups is 1. The van der Waals surface area contributed by atoms with Crippen LogP contribution in [0, 0.1) is 0 Å².